The third-order valence-electron chi connectivity index (χ3n) is 1.45. The van der Waals surface area contributed by atoms with Crippen LogP contribution in [0.15, 0.2) is 0 Å². The lowest BCUT2D eigenvalue weighted by Crippen LogP contribution is -2.41. The van der Waals surface area contributed by atoms with Gasteiger partial charge in [0.05, 0.1) is 11.4 Å². The first-order valence-corrected chi connectivity index (χ1v) is 4.59. The number of rotatable bonds is 3. The predicted molar refractivity (Wildman–Crippen MR) is 52.7 cm³/mol. The van der Waals surface area contributed by atoms with Gasteiger partial charge in [-0.2, -0.15) is 0 Å². The number of methoxy groups -OCH3 is 1. The summed E-state index contributed by atoms with van der Waals surface area (Å²) in [6, 6.07) is 0. The second-order valence-corrected chi connectivity index (χ2v) is 5.19. The number of hydrogen-bond donors (Lipinski definition) is 0. The zero-order chi connectivity index (χ0) is 10.6. The number of hydrogen-bond acceptors (Lipinski definition) is 3. The highest BCUT2D eigenvalue weighted by Crippen LogP contribution is 2.18. The van der Waals surface area contributed by atoms with Crippen LogP contribution in [-0.2, 0) is 14.3 Å². The molecular formula is C8H14BrNO3. The van der Waals surface area contributed by atoms with E-state index in [0.29, 0.717) is 0 Å². The molecule has 0 aromatic carbocycles. The lowest BCUT2D eigenvalue weighted by Gasteiger charge is -2.23. The molecule has 13 heavy (non-hydrogen) atoms. The quantitative estimate of drug-likeness (QED) is 0.551. The molecule has 0 saturated carbocycles. The lowest BCUT2D eigenvalue weighted by atomic mass is 10.2. The molecule has 0 fully saturated rings. The largest absolute Gasteiger partial charge is 0.468 e. The second kappa shape index (κ2) is 4.60. The van der Waals surface area contributed by atoms with Gasteiger partial charge >= 0.3 is 5.97 Å². The maximum atomic E-state index is 11.5. The number of carbonyl (C=O) groups is 2. The number of likely N-dealkylation sites (N-methyl/N-ethyl adjacent to an activating group) is 1. The summed E-state index contributed by atoms with van der Waals surface area (Å²) in [5.74, 6) is -0.578. The van der Waals surface area contributed by atoms with Crippen LogP contribution < -0.4 is 0 Å². The van der Waals surface area contributed by atoms with Gasteiger partial charge in [-0.1, -0.05) is 15.9 Å². The minimum Gasteiger partial charge on any atom is -0.468 e. The molecule has 0 bridgehead atoms. The van der Waals surface area contributed by atoms with E-state index in [1.807, 2.05) is 0 Å². The van der Waals surface area contributed by atoms with Crippen molar-refractivity contribution in [2.75, 3.05) is 20.7 Å². The second-order valence-electron chi connectivity index (χ2n) is 3.21. The van der Waals surface area contributed by atoms with Crippen molar-refractivity contribution in [1.29, 1.82) is 0 Å². The van der Waals surface area contributed by atoms with Crippen LogP contribution in [0.4, 0.5) is 0 Å². The molecule has 5 heteroatoms. The van der Waals surface area contributed by atoms with Gasteiger partial charge in [-0.15, -0.1) is 0 Å². The molecule has 0 aliphatic heterocycles. The Labute approximate surface area is 86.4 Å². The van der Waals surface area contributed by atoms with E-state index in [9.17, 15) is 9.59 Å². The number of halogens is 1. The average molecular weight is 252 g/mol. The van der Waals surface area contributed by atoms with Crippen LogP contribution in [0.3, 0.4) is 0 Å². The SMILES string of the molecule is COC(=O)CN(C)C(=O)C(C)(C)Br. The number of ether oxygens (including phenoxy) is 1. The molecular weight excluding hydrogens is 238 g/mol. The zero-order valence-corrected chi connectivity index (χ0v) is 9.84. The molecule has 0 N–H and O–H groups in total. The average Bonchev–Trinajstić information content (AvgIpc) is 2.01. The fourth-order valence-corrected chi connectivity index (χ4v) is 1.09. The third kappa shape index (κ3) is 4.26. The molecule has 0 aliphatic rings. The molecule has 0 rings (SSSR count). The number of amides is 1. The minimum atomic E-state index is -0.643. The number of nitrogens with zero attached hydrogens (tertiary/aromatic N) is 1. The van der Waals surface area contributed by atoms with Crippen LogP contribution >= 0.6 is 15.9 Å². The summed E-state index contributed by atoms with van der Waals surface area (Å²) in [5, 5.41) is 0. The smallest absolute Gasteiger partial charge is 0.325 e. The molecule has 76 valence electrons. The van der Waals surface area contributed by atoms with Gasteiger partial charge in [0.25, 0.3) is 0 Å². The van der Waals surface area contributed by atoms with Crippen LogP contribution in [0.2, 0.25) is 0 Å². The van der Waals surface area contributed by atoms with Crippen molar-refractivity contribution in [2.45, 2.75) is 18.2 Å². The van der Waals surface area contributed by atoms with Gasteiger partial charge < -0.3 is 9.64 Å². The minimum absolute atomic E-state index is 0.0234. The first-order chi connectivity index (χ1) is 5.79. The van der Waals surface area contributed by atoms with E-state index in [0.717, 1.165) is 0 Å². The first-order valence-electron chi connectivity index (χ1n) is 3.80. The van der Waals surface area contributed by atoms with Gasteiger partial charge in [-0.3, -0.25) is 9.59 Å². The Kier molecular flexibility index (Phi) is 4.39. The first kappa shape index (κ1) is 12.4. The molecule has 4 nitrogen and oxygen atoms in total. The molecule has 0 spiro atoms. The van der Waals surface area contributed by atoms with Crippen LogP contribution in [0.25, 0.3) is 0 Å². The Morgan fingerprint density at radius 2 is 1.92 bits per heavy atom. The van der Waals surface area contributed by atoms with Gasteiger partial charge in [-0.05, 0) is 13.8 Å². The number of carbonyl (C=O) groups excluding carboxylic acids is 2. The Hall–Kier alpha value is -0.580. The van der Waals surface area contributed by atoms with Crippen molar-refractivity contribution < 1.29 is 14.3 Å². The van der Waals surface area contributed by atoms with Crippen molar-refractivity contribution in [1.82, 2.24) is 4.90 Å². The van der Waals surface area contributed by atoms with E-state index >= 15 is 0 Å². The Bertz CT molecular complexity index is 210. The standard InChI is InChI=1S/C8H14BrNO3/c1-8(2,9)7(12)10(3)5-6(11)13-4/h5H2,1-4H3. The van der Waals surface area contributed by atoms with E-state index in [1.165, 1.54) is 12.0 Å². The summed E-state index contributed by atoms with van der Waals surface area (Å²) >= 11 is 3.21. The molecule has 0 aromatic rings. The molecule has 0 unspecified atom stereocenters. The Morgan fingerprint density at radius 3 is 2.23 bits per heavy atom. The number of alkyl halides is 1. The van der Waals surface area contributed by atoms with Gasteiger partial charge in [-0.25, -0.2) is 0 Å². The topological polar surface area (TPSA) is 46.6 Å². The molecule has 0 saturated heterocycles. The van der Waals surface area contributed by atoms with E-state index in [4.69, 9.17) is 0 Å². The van der Waals surface area contributed by atoms with Crippen molar-refractivity contribution in [2.24, 2.45) is 0 Å². The van der Waals surface area contributed by atoms with Crippen molar-refractivity contribution >= 4 is 27.8 Å². The third-order valence-corrected chi connectivity index (χ3v) is 1.79. The lowest BCUT2D eigenvalue weighted by molar-refractivity contribution is -0.146. The highest BCUT2D eigenvalue weighted by molar-refractivity contribution is 9.10. The van der Waals surface area contributed by atoms with Crippen LogP contribution in [0.5, 0.6) is 0 Å². The van der Waals surface area contributed by atoms with E-state index < -0.39 is 10.3 Å². The Morgan fingerprint density at radius 1 is 1.46 bits per heavy atom. The molecule has 1 amide bonds. The van der Waals surface area contributed by atoms with Crippen molar-refractivity contribution in [3.05, 3.63) is 0 Å². The van der Waals surface area contributed by atoms with Gasteiger partial charge in [0.2, 0.25) is 5.91 Å². The summed E-state index contributed by atoms with van der Waals surface area (Å²) in [6.45, 7) is 3.43. The predicted octanol–water partition coefficient (Wildman–Crippen LogP) is 0.791. The van der Waals surface area contributed by atoms with Crippen molar-refractivity contribution in [3.8, 4) is 0 Å². The fraction of sp³-hybridized carbons (Fsp3) is 0.750. The molecule has 0 radical (unpaired) electrons. The summed E-state index contributed by atoms with van der Waals surface area (Å²) in [4.78, 5) is 23.6. The van der Waals surface area contributed by atoms with Gasteiger partial charge in [0.15, 0.2) is 0 Å². The van der Waals surface area contributed by atoms with E-state index in [2.05, 4.69) is 20.7 Å². The van der Waals surface area contributed by atoms with Crippen LogP contribution in [0, 0.1) is 0 Å². The van der Waals surface area contributed by atoms with Crippen LogP contribution in [0.1, 0.15) is 13.8 Å². The summed E-state index contributed by atoms with van der Waals surface area (Å²) in [5.41, 5.74) is 0. The highest BCUT2D eigenvalue weighted by atomic mass is 79.9. The van der Waals surface area contributed by atoms with E-state index in [-0.39, 0.29) is 12.5 Å². The summed E-state index contributed by atoms with van der Waals surface area (Å²) < 4.78 is 3.79. The van der Waals surface area contributed by atoms with E-state index in [1.54, 1.807) is 20.9 Å². The maximum Gasteiger partial charge on any atom is 0.325 e. The van der Waals surface area contributed by atoms with Gasteiger partial charge in [0, 0.05) is 7.05 Å². The zero-order valence-electron chi connectivity index (χ0n) is 8.26. The molecule has 0 aliphatic carbocycles. The van der Waals surface area contributed by atoms with Gasteiger partial charge in [0.1, 0.15) is 6.54 Å². The van der Waals surface area contributed by atoms with Crippen LogP contribution in [-0.4, -0.2) is 41.8 Å². The molecule has 0 atom stereocenters. The summed E-state index contributed by atoms with van der Waals surface area (Å²) in [6.07, 6.45) is 0. The Balaban J connectivity index is 4.20. The number of esters is 1. The molecule has 0 aromatic heterocycles. The normalized spacial score (nSPS) is 10.8. The highest BCUT2D eigenvalue weighted by Gasteiger charge is 2.28. The molecule has 0 heterocycles. The monoisotopic (exact) mass is 251 g/mol. The fourth-order valence-electron chi connectivity index (χ4n) is 0.784. The maximum absolute atomic E-state index is 11.5. The van der Waals surface area contributed by atoms with Crippen molar-refractivity contribution in [3.63, 3.8) is 0 Å². The summed E-state index contributed by atoms with van der Waals surface area (Å²) in [7, 11) is 2.85.